The van der Waals surface area contributed by atoms with E-state index < -0.39 is 59.4 Å². The predicted molar refractivity (Wildman–Crippen MR) is 257 cm³/mol. The second kappa shape index (κ2) is 20.6. The van der Waals surface area contributed by atoms with Crippen molar-refractivity contribution in [3.8, 4) is 29.1 Å². The number of anilines is 1. The van der Waals surface area contributed by atoms with Gasteiger partial charge in [0, 0.05) is 51.8 Å². The number of esters is 1. The molecule has 0 saturated carbocycles. The molecule has 5 aliphatic rings. The molecule has 2 N–H and O–H groups in total. The van der Waals surface area contributed by atoms with E-state index in [0.29, 0.717) is 59.1 Å². The highest BCUT2D eigenvalue weighted by molar-refractivity contribution is 6.23. The molecule has 16 nitrogen and oxygen atoms in total. The highest BCUT2D eigenvalue weighted by atomic mass is 16.7. The first-order valence-electron chi connectivity index (χ1n) is 23.8. The van der Waals surface area contributed by atoms with E-state index in [1.807, 2.05) is 83.8 Å². The summed E-state index contributed by atoms with van der Waals surface area (Å²) in [7, 11) is 1.47. The third-order valence-corrected chi connectivity index (χ3v) is 14.0. The number of rotatable bonds is 13. The van der Waals surface area contributed by atoms with Gasteiger partial charge in [-0.25, -0.2) is 9.69 Å². The first kappa shape index (κ1) is 47.4. The van der Waals surface area contributed by atoms with Gasteiger partial charge in [-0.15, -0.1) is 0 Å². The number of ether oxygens (including phenoxy) is 6. The molecule has 1 spiro atoms. The van der Waals surface area contributed by atoms with Gasteiger partial charge in [-0.1, -0.05) is 90.7 Å². The van der Waals surface area contributed by atoms with Crippen molar-refractivity contribution in [2.24, 2.45) is 5.92 Å². The number of amides is 3. The summed E-state index contributed by atoms with van der Waals surface area (Å²) in [5, 5.41) is 19.3. The topological polar surface area (TPSA) is 177 Å². The van der Waals surface area contributed by atoms with Gasteiger partial charge < -0.3 is 43.5 Å². The van der Waals surface area contributed by atoms with Crippen LogP contribution in [0.3, 0.4) is 0 Å². The van der Waals surface area contributed by atoms with E-state index in [-0.39, 0.29) is 65.0 Å². The molecule has 10 rings (SSSR count). The molecule has 5 heterocycles. The maximum Gasteiger partial charge on any atom is 0.421 e. The van der Waals surface area contributed by atoms with Crippen LogP contribution in [-0.4, -0.2) is 128 Å². The largest absolute Gasteiger partial charge is 0.491 e. The number of carbonyl (C=O) groups excluding carboxylic acids is 4. The zero-order chi connectivity index (χ0) is 49.1. The van der Waals surface area contributed by atoms with Gasteiger partial charge in [0.1, 0.15) is 36.5 Å². The molecule has 16 heteroatoms. The fraction of sp³-hybridized carbons (Fsp3) is 0.345. The van der Waals surface area contributed by atoms with E-state index in [2.05, 4.69) is 16.7 Å². The van der Waals surface area contributed by atoms with E-state index in [4.69, 9.17) is 28.4 Å². The fourth-order valence-corrected chi connectivity index (χ4v) is 11.0. The number of nitrogens with zero attached hydrogens (tertiary/aromatic N) is 4. The highest BCUT2D eigenvalue weighted by Gasteiger charge is 2.76. The minimum atomic E-state index is -2.01. The molecular weight excluding hydrogens is 909 g/mol. The number of aliphatic hydroxyl groups excluding tert-OH is 2. The van der Waals surface area contributed by atoms with Gasteiger partial charge in [-0.3, -0.25) is 24.2 Å². The summed E-state index contributed by atoms with van der Waals surface area (Å²) in [5.74, 6) is 4.51. The number of methoxy groups -OCH3 is 1. The highest BCUT2D eigenvalue weighted by Crippen LogP contribution is 2.66. The van der Waals surface area contributed by atoms with Crippen molar-refractivity contribution in [2.75, 3.05) is 78.0 Å². The van der Waals surface area contributed by atoms with Crippen molar-refractivity contribution in [2.45, 2.75) is 42.6 Å². The van der Waals surface area contributed by atoms with Crippen LogP contribution in [0.15, 0.2) is 121 Å². The number of hydrogen-bond acceptors (Lipinski definition) is 14. The van der Waals surface area contributed by atoms with Crippen molar-refractivity contribution in [3.63, 3.8) is 0 Å². The number of aliphatic hydroxyl groups is 2. The smallest absolute Gasteiger partial charge is 0.421 e. The molecule has 0 radical (unpaired) electrons. The van der Waals surface area contributed by atoms with Crippen LogP contribution in [0.25, 0.3) is 0 Å². The van der Waals surface area contributed by atoms with Gasteiger partial charge in [0.25, 0.3) is 0 Å². The maximum absolute atomic E-state index is 16.5. The Labute approximate surface area is 411 Å². The first-order chi connectivity index (χ1) is 34.8. The first-order valence-corrected chi connectivity index (χ1v) is 23.8. The van der Waals surface area contributed by atoms with Gasteiger partial charge in [-0.2, -0.15) is 0 Å². The summed E-state index contributed by atoms with van der Waals surface area (Å²) >= 11 is 0. The number of imide groups is 1. The lowest BCUT2D eigenvalue weighted by Gasteiger charge is -2.46. The van der Waals surface area contributed by atoms with Crippen molar-refractivity contribution >= 4 is 29.6 Å². The van der Waals surface area contributed by atoms with Crippen LogP contribution in [0.1, 0.15) is 58.0 Å². The fourth-order valence-electron chi connectivity index (χ4n) is 11.0. The number of benzene rings is 5. The lowest BCUT2D eigenvalue weighted by atomic mass is 9.65. The van der Waals surface area contributed by atoms with Gasteiger partial charge in [-0.05, 0) is 70.3 Å². The Hall–Kier alpha value is -7.26. The molecule has 3 amide bonds. The van der Waals surface area contributed by atoms with Crippen LogP contribution >= 0.6 is 0 Å². The Balaban J connectivity index is 1.18. The van der Waals surface area contributed by atoms with Crippen LogP contribution < -0.4 is 19.1 Å². The summed E-state index contributed by atoms with van der Waals surface area (Å²) in [5.41, 5.74) is 1.95. The number of hydrogen-bond donors (Lipinski definition) is 2. The third-order valence-electron chi connectivity index (χ3n) is 14.0. The van der Waals surface area contributed by atoms with Crippen LogP contribution in [0.4, 0.5) is 10.5 Å². The Kier molecular flexibility index (Phi) is 13.8. The van der Waals surface area contributed by atoms with E-state index in [0.717, 1.165) is 16.0 Å². The number of carbonyl (C=O) groups is 4. The zero-order valence-electron chi connectivity index (χ0n) is 39.2. The molecule has 5 aromatic rings. The number of fused-ring (bicyclic) bond motifs is 4. The maximum atomic E-state index is 16.5. The minimum Gasteiger partial charge on any atom is -0.491 e. The van der Waals surface area contributed by atoms with E-state index in [1.165, 1.54) is 7.11 Å². The number of piperazine rings is 1. The summed E-state index contributed by atoms with van der Waals surface area (Å²) < 4.78 is 34.6. The SMILES string of the molecule is COCCOC(=O)N1C(=O)[C@@]2(c3cc(C#CCCO)ccc31)[C@H](c1ccc(OCCO)cc1)N1[C@H](c3ccccc3)[C@H](c3ccccc3)OC(=O)[C@H]1[C@@H]2C(=O)N1CCN(Cc2ccc3c(c2)OCO3)CC1. The Morgan fingerprint density at radius 3 is 2.21 bits per heavy atom. The lowest BCUT2D eigenvalue weighted by molar-refractivity contribution is -0.179. The van der Waals surface area contributed by atoms with Crippen LogP contribution in [0.2, 0.25) is 0 Å². The van der Waals surface area contributed by atoms with Gasteiger partial charge in [0.15, 0.2) is 11.5 Å². The zero-order valence-corrected chi connectivity index (χ0v) is 39.2. The molecule has 0 bridgehead atoms. The van der Waals surface area contributed by atoms with Gasteiger partial charge >= 0.3 is 12.1 Å². The lowest BCUT2D eigenvalue weighted by Crippen LogP contribution is -2.59. The monoisotopic (exact) mass is 962 g/mol. The molecular formula is C55H54N4O12. The van der Waals surface area contributed by atoms with Crippen molar-refractivity contribution in [3.05, 3.63) is 155 Å². The van der Waals surface area contributed by atoms with E-state index in [1.54, 1.807) is 47.4 Å². The van der Waals surface area contributed by atoms with Crippen molar-refractivity contribution in [1.29, 1.82) is 0 Å². The van der Waals surface area contributed by atoms with Gasteiger partial charge in [0.2, 0.25) is 18.6 Å². The average Bonchev–Trinajstić information content (AvgIpc) is 4.07. The molecule has 0 aliphatic carbocycles. The van der Waals surface area contributed by atoms with E-state index >= 15 is 14.4 Å². The molecule has 3 saturated heterocycles. The van der Waals surface area contributed by atoms with Crippen molar-refractivity contribution < 1.29 is 57.8 Å². The summed E-state index contributed by atoms with van der Waals surface area (Å²) in [6.07, 6.45) is -1.71. The van der Waals surface area contributed by atoms with E-state index in [9.17, 15) is 15.0 Å². The minimum absolute atomic E-state index is 0.0359. The third kappa shape index (κ3) is 8.74. The normalized spacial score (nSPS) is 23.5. The molecule has 3 fully saturated rings. The Morgan fingerprint density at radius 2 is 1.49 bits per heavy atom. The Bertz CT molecular complexity index is 2830. The summed E-state index contributed by atoms with van der Waals surface area (Å²) in [6, 6.07) is 33.6. The summed E-state index contributed by atoms with van der Waals surface area (Å²) in [6.45, 7) is 1.78. The van der Waals surface area contributed by atoms with Gasteiger partial charge in [0.05, 0.1) is 43.5 Å². The Morgan fingerprint density at radius 1 is 0.761 bits per heavy atom. The van der Waals surface area contributed by atoms with Crippen LogP contribution in [0.5, 0.6) is 17.2 Å². The van der Waals surface area contributed by atoms with Crippen LogP contribution in [0, 0.1) is 17.8 Å². The van der Waals surface area contributed by atoms with Crippen LogP contribution in [-0.2, 0) is 40.6 Å². The quantitative estimate of drug-likeness (QED) is 0.0882. The molecule has 0 aromatic heterocycles. The molecule has 71 heavy (non-hydrogen) atoms. The second-order valence-electron chi connectivity index (χ2n) is 18.0. The number of morpholine rings is 1. The molecule has 5 aliphatic heterocycles. The van der Waals surface area contributed by atoms with Crippen molar-refractivity contribution in [1.82, 2.24) is 14.7 Å². The average molecular weight is 963 g/mol. The predicted octanol–water partition coefficient (Wildman–Crippen LogP) is 5.31. The standard InChI is InChI=1S/C55H54N4O12/c1-66-30-31-68-54(65)58-43-21-15-36(10-8-9-27-60)32-42(43)55(53(58)64)46(51(62)57-25-23-56(24-26-57)34-37-16-22-44-45(33-37)70-35-69-44)48-52(63)71-49(39-13-6-3-7-14-39)47(38-11-4-2-5-12-38)59(48)50(55)40-17-19-41(20-18-40)67-29-28-61/h2-7,11-22,32-33,46-50,60-61H,9,23-31,34-35H2,1H3/t46-,47-,48-,49+,50+,55-/m1/s1. The number of cyclic esters (lactones) is 1. The second-order valence-corrected chi connectivity index (χ2v) is 18.0. The molecule has 5 aromatic carbocycles. The molecule has 366 valence electrons. The molecule has 0 unspecified atom stereocenters. The molecule has 6 atom stereocenters. The summed E-state index contributed by atoms with van der Waals surface area (Å²) in [4.78, 5) is 69.8.